The third-order valence-electron chi connectivity index (χ3n) is 2.58. The molecule has 0 bridgehead atoms. The van der Waals surface area contributed by atoms with Crippen LogP contribution in [0.3, 0.4) is 0 Å². The lowest BCUT2D eigenvalue weighted by Crippen LogP contribution is -2.25. The van der Waals surface area contributed by atoms with E-state index in [1.165, 1.54) is 37.4 Å². The monoisotopic (exact) mass is 315 g/mol. The fraction of sp³-hybridized carbons (Fsp3) is 0.0833. The van der Waals surface area contributed by atoms with E-state index >= 15 is 0 Å². The van der Waals surface area contributed by atoms with Gasteiger partial charge in [-0.3, -0.25) is 4.31 Å². The maximum absolute atomic E-state index is 13.1. The van der Waals surface area contributed by atoms with Crippen LogP contribution in [0.1, 0.15) is 9.67 Å². The molecule has 1 aromatic heterocycles. The number of thiophene rings is 1. The molecule has 2 rings (SSSR count). The average molecular weight is 315 g/mol. The molecule has 5 nitrogen and oxygen atoms in total. The Kier molecular flexibility index (Phi) is 3.78. The average Bonchev–Trinajstić information content (AvgIpc) is 2.88. The van der Waals surface area contributed by atoms with Crippen molar-refractivity contribution in [3.63, 3.8) is 0 Å². The zero-order valence-corrected chi connectivity index (χ0v) is 11.9. The maximum atomic E-state index is 13.1. The van der Waals surface area contributed by atoms with Crippen molar-refractivity contribution in [2.24, 2.45) is 0 Å². The molecule has 1 N–H and O–H groups in total. The molecule has 106 valence electrons. The van der Waals surface area contributed by atoms with Gasteiger partial charge in [-0.05, 0) is 30.3 Å². The van der Waals surface area contributed by atoms with Crippen LogP contribution in [0, 0.1) is 5.82 Å². The van der Waals surface area contributed by atoms with Crippen molar-refractivity contribution in [1.29, 1.82) is 0 Å². The SMILES string of the molecule is CN(c1cccc(F)c1)S(=O)(=O)c1ccc(C(=O)O)s1. The van der Waals surface area contributed by atoms with Crippen LogP contribution < -0.4 is 4.31 Å². The molecular formula is C12H10FNO4S2. The minimum absolute atomic E-state index is 0.0729. The van der Waals surface area contributed by atoms with Gasteiger partial charge in [-0.1, -0.05) is 6.07 Å². The molecule has 0 saturated heterocycles. The predicted molar refractivity (Wildman–Crippen MR) is 73.3 cm³/mol. The largest absolute Gasteiger partial charge is 0.477 e. The van der Waals surface area contributed by atoms with Gasteiger partial charge in [0.25, 0.3) is 10.0 Å². The topological polar surface area (TPSA) is 74.7 Å². The lowest BCUT2D eigenvalue weighted by atomic mass is 10.3. The normalized spacial score (nSPS) is 11.3. The number of anilines is 1. The molecule has 0 radical (unpaired) electrons. The lowest BCUT2D eigenvalue weighted by Gasteiger charge is -2.18. The Morgan fingerprint density at radius 3 is 2.55 bits per heavy atom. The van der Waals surface area contributed by atoms with Crippen molar-refractivity contribution in [2.75, 3.05) is 11.4 Å². The predicted octanol–water partition coefficient (Wildman–Crippen LogP) is 2.41. The molecule has 8 heteroatoms. The lowest BCUT2D eigenvalue weighted by molar-refractivity contribution is 0.0702. The van der Waals surface area contributed by atoms with Crippen LogP contribution >= 0.6 is 11.3 Å². The van der Waals surface area contributed by atoms with Crippen LogP contribution in [0.15, 0.2) is 40.6 Å². The van der Waals surface area contributed by atoms with E-state index < -0.39 is 21.8 Å². The second-order valence-electron chi connectivity index (χ2n) is 3.88. The molecule has 1 aromatic carbocycles. The van der Waals surface area contributed by atoms with Gasteiger partial charge in [0.15, 0.2) is 0 Å². The Morgan fingerprint density at radius 1 is 1.30 bits per heavy atom. The highest BCUT2D eigenvalue weighted by Crippen LogP contribution is 2.27. The van der Waals surface area contributed by atoms with Crippen molar-refractivity contribution in [1.82, 2.24) is 0 Å². The molecule has 0 atom stereocenters. The number of halogens is 1. The van der Waals surface area contributed by atoms with Gasteiger partial charge >= 0.3 is 5.97 Å². The summed E-state index contributed by atoms with van der Waals surface area (Å²) in [5, 5.41) is 8.81. The number of hydrogen-bond acceptors (Lipinski definition) is 4. The summed E-state index contributed by atoms with van der Waals surface area (Å²) < 4.78 is 38.5. The molecule has 0 aliphatic rings. The summed E-state index contributed by atoms with van der Waals surface area (Å²) in [5.41, 5.74) is 0.162. The minimum atomic E-state index is -3.90. The van der Waals surface area contributed by atoms with E-state index in [4.69, 9.17) is 5.11 Å². The smallest absolute Gasteiger partial charge is 0.345 e. The number of aromatic carboxylic acids is 1. The molecular weight excluding hydrogens is 305 g/mol. The van der Waals surface area contributed by atoms with Crippen molar-refractivity contribution in [2.45, 2.75) is 4.21 Å². The molecule has 0 aliphatic carbocycles. The van der Waals surface area contributed by atoms with Crippen LogP contribution in [0.25, 0.3) is 0 Å². The Labute approximate surface area is 119 Å². The molecule has 0 fully saturated rings. The maximum Gasteiger partial charge on any atom is 0.345 e. The van der Waals surface area contributed by atoms with E-state index in [0.29, 0.717) is 11.3 Å². The number of carboxylic acids is 1. The van der Waals surface area contributed by atoms with Crippen LogP contribution in [0.4, 0.5) is 10.1 Å². The van der Waals surface area contributed by atoms with E-state index in [1.807, 2.05) is 0 Å². The van der Waals surface area contributed by atoms with Crippen LogP contribution in [-0.2, 0) is 10.0 Å². The van der Waals surface area contributed by atoms with Gasteiger partial charge in [0.1, 0.15) is 14.9 Å². The van der Waals surface area contributed by atoms with Gasteiger partial charge in [0, 0.05) is 7.05 Å². The third kappa shape index (κ3) is 2.66. The highest BCUT2D eigenvalue weighted by atomic mass is 32.2. The Balaban J connectivity index is 2.41. The van der Waals surface area contributed by atoms with E-state index in [0.717, 1.165) is 10.4 Å². The number of nitrogens with zero attached hydrogens (tertiary/aromatic N) is 1. The summed E-state index contributed by atoms with van der Waals surface area (Å²) >= 11 is 0.652. The van der Waals surface area contributed by atoms with Crippen molar-refractivity contribution < 1.29 is 22.7 Å². The summed E-state index contributed by atoms with van der Waals surface area (Å²) in [6, 6.07) is 7.58. The summed E-state index contributed by atoms with van der Waals surface area (Å²) in [6.45, 7) is 0. The van der Waals surface area contributed by atoms with E-state index in [1.54, 1.807) is 0 Å². The van der Waals surface area contributed by atoms with Gasteiger partial charge < -0.3 is 5.11 Å². The quantitative estimate of drug-likeness (QED) is 0.940. The Morgan fingerprint density at radius 2 is 2.00 bits per heavy atom. The summed E-state index contributed by atoms with van der Waals surface area (Å²) in [7, 11) is -2.62. The number of benzene rings is 1. The third-order valence-corrected chi connectivity index (χ3v) is 5.90. The van der Waals surface area contributed by atoms with Crippen molar-refractivity contribution in [3.8, 4) is 0 Å². The Hall–Kier alpha value is -1.93. The van der Waals surface area contributed by atoms with E-state index in [-0.39, 0.29) is 14.8 Å². The first-order chi connectivity index (χ1) is 9.32. The van der Waals surface area contributed by atoms with Gasteiger partial charge in [-0.2, -0.15) is 0 Å². The number of sulfonamides is 1. The standard InChI is InChI=1S/C12H10FNO4S2/c1-14(9-4-2-3-8(13)7-9)20(17,18)11-6-5-10(19-11)12(15)16/h2-7H,1H3,(H,15,16). The second-order valence-corrected chi connectivity index (χ2v) is 7.16. The molecule has 2 aromatic rings. The van der Waals surface area contributed by atoms with Crippen LogP contribution in [0.5, 0.6) is 0 Å². The Bertz CT molecular complexity index is 754. The fourth-order valence-corrected chi connectivity index (χ4v) is 4.02. The summed E-state index contributed by atoms with van der Waals surface area (Å²) in [4.78, 5) is 10.7. The molecule has 0 saturated carbocycles. The second kappa shape index (κ2) is 5.22. The van der Waals surface area contributed by atoms with Crippen LogP contribution in [0.2, 0.25) is 0 Å². The molecule has 1 heterocycles. The molecule has 0 aliphatic heterocycles. The van der Waals surface area contributed by atoms with Gasteiger partial charge in [0.2, 0.25) is 0 Å². The first-order valence-electron chi connectivity index (χ1n) is 5.40. The number of carboxylic acid groups (broad SMARTS) is 1. The molecule has 20 heavy (non-hydrogen) atoms. The zero-order valence-electron chi connectivity index (χ0n) is 10.3. The zero-order chi connectivity index (χ0) is 14.9. The van der Waals surface area contributed by atoms with Gasteiger partial charge in [-0.15, -0.1) is 11.3 Å². The molecule has 0 spiro atoms. The first-order valence-corrected chi connectivity index (χ1v) is 7.65. The number of hydrogen-bond donors (Lipinski definition) is 1. The highest BCUT2D eigenvalue weighted by Gasteiger charge is 2.24. The van der Waals surface area contributed by atoms with Gasteiger partial charge in [-0.25, -0.2) is 17.6 Å². The minimum Gasteiger partial charge on any atom is -0.477 e. The fourth-order valence-electron chi connectivity index (χ4n) is 1.52. The van der Waals surface area contributed by atoms with Crippen molar-refractivity contribution >= 4 is 33.0 Å². The first kappa shape index (κ1) is 14.5. The van der Waals surface area contributed by atoms with E-state index in [2.05, 4.69) is 0 Å². The van der Waals surface area contributed by atoms with E-state index in [9.17, 15) is 17.6 Å². The number of rotatable bonds is 4. The summed E-state index contributed by atoms with van der Waals surface area (Å²) in [5.74, 6) is -1.74. The number of carbonyl (C=O) groups is 1. The molecule has 0 amide bonds. The molecule has 0 unspecified atom stereocenters. The van der Waals surface area contributed by atoms with Crippen LogP contribution in [-0.4, -0.2) is 26.5 Å². The van der Waals surface area contributed by atoms with Crippen molar-refractivity contribution in [3.05, 3.63) is 47.1 Å². The van der Waals surface area contributed by atoms with Gasteiger partial charge in [0.05, 0.1) is 5.69 Å². The highest BCUT2D eigenvalue weighted by molar-refractivity contribution is 7.94. The summed E-state index contributed by atoms with van der Waals surface area (Å²) in [6.07, 6.45) is 0.